The van der Waals surface area contributed by atoms with E-state index in [1.165, 1.54) is 39.8 Å². The highest BCUT2D eigenvalue weighted by Gasteiger charge is 2.45. The number of aryl methyl sites for hydroxylation is 2. The number of hydrogen-bond acceptors (Lipinski definition) is 4. The molecule has 44 heavy (non-hydrogen) atoms. The highest BCUT2D eigenvalue weighted by molar-refractivity contribution is 6.43. The number of rotatable bonds is 2. The van der Waals surface area contributed by atoms with Crippen molar-refractivity contribution in [2.75, 3.05) is 13.1 Å². The first-order chi connectivity index (χ1) is 20.5. The van der Waals surface area contributed by atoms with Gasteiger partial charge in [-0.25, -0.2) is 0 Å². The van der Waals surface area contributed by atoms with Crippen molar-refractivity contribution in [2.24, 2.45) is 0 Å². The predicted molar refractivity (Wildman–Crippen MR) is 149 cm³/mol. The monoisotopic (exact) mass is 610 g/mol. The maximum absolute atomic E-state index is 15.0. The van der Waals surface area contributed by atoms with Crippen LogP contribution in [0.5, 0.6) is 0 Å². The summed E-state index contributed by atoms with van der Waals surface area (Å²) in [4.78, 5) is 55.3. The molecule has 0 N–H and O–H groups in total. The van der Waals surface area contributed by atoms with Crippen LogP contribution in [0.2, 0.25) is 0 Å². The molecule has 224 valence electrons. The lowest BCUT2D eigenvalue weighted by Gasteiger charge is -2.32. The van der Waals surface area contributed by atoms with E-state index in [4.69, 9.17) is 0 Å². The average molecular weight is 611 g/mol. The number of halogens is 6. The summed E-state index contributed by atoms with van der Waals surface area (Å²) in [5.74, 6) is -3.52. The summed E-state index contributed by atoms with van der Waals surface area (Å²) in [5.41, 5.74) is -3.51. The van der Waals surface area contributed by atoms with E-state index in [0.29, 0.717) is 12.1 Å². The number of carbonyl (C=O) groups excluding carboxylic acids is 4. The number of hydrogen-bond donors (Lipinski definition) is 0. The summed E-state index contributed by atoms with van der Waals surface area (Å²) in [6.45, 7) is 5.75. The van der Waals surface area contributed by atoms with Crippen LogP contribution in [0.1, 0.15) is 77.5 Å². The molecule has 0 saturated heterocycles. The zero-order valence-corrected chi connectivity index (χ0v) is 23.5. The number of benzene rings is 5. The van der Waals surface area contributed by atoms with Gasteiger partial charge in [-0.15, -0.1) is 0 Å². The lowest BCUT2D eigenvalue weighted by Crippen LogP contribution is -2.40. The summed E-state index contributed by atoms with van der Waals surface area (Å²) in [6, 6.07) is 3.88. The fourth-order valence-electron chi connectivity index (χ4n) is 7.17. The first-order valence-corrected chi connectivity index (χ1v) is 13.7. The van der Waals surface area contributed by atoms with Crippen molar-refractivity contribution < 1.29 is 45.5 Å². The summed E-state index contributed by atoms with van der Waals surface area (Å²) in [7, 11) is 0. The van der Waals surface area contributed by atoms with Crippen LogP contribution in [0.15, 0.2) is 24.3 Å². The Bertz CT molecular complexity index is 2070. The van der Waals surface area contributed by atoms with E-state index >= 15 is 0 Å². The smallest absolute Gasteiger partial charge is 0.275 e. The van der Waals surface area contributed by atoms with Gasteiger partial charge >= 0.3 is 12.4 Å². The van der Waals surface area contributed by atoms with Crippen LogP contribution in [0.4, 0.5) is 26.3 Å². The van der Waals surface area contributed by atoms with E-state index in [1.54, 1.807) is 0 Å². The molecule has 0 bridgehead atoms. The highest BCUT2D eigenvalue weighted by Crippen LogP contribution is 2.54. The van der Waals surface area contributed by atoms with Gasteiger partial charge in [0, 0.05) is 56.9 Å². The Morgan fingerprint density at radius 2 is 0.773 bits per heavy atom. The molecule has 0 atom stereocenters. The van der Waals surface area contributed by atoms with Gasteiger partial charge in [-0.2, -0.15) is 26.3 Å². The highest BCUT2D eigenvalue weighted by atomic mass is 19.4. The van der Waals surface area contributed by atoms with E-state index in [1.807, 2.05) is 0 Å². The molecule has 0 spiro atoms. The second-order valence-corrected chi connectivity index (χ2v) is 11.1. The van der Waals surface area contributed by atoms with Gasteiger partial charge in [0.2, 0.25) is 0 Å². The lowest BCUT2D eigenvalue weighted by molar-refractivity contribution is -0.138. The predicted octanol–water partition coefficient (Wildman–Crippen LogP) is 7.62. The van der Waals surface area contributed by atoms with Gasteiger partial charge < -0.3 is 0 Å². The Morgan fingerprint density at radius 3 is 1.05 bits per heavy atom. The van der Waals surface area contributed by atoms with E-state index in [-0.39, 0.29) is 67.7 Å². The normalized spacial score (nSPS) is 15.8. The van der Waals surface area contributed by atoms with Crippen molar-refractivity contribution >= 4 is 66.7 Å². The van der Waals surface area contributed by atoms with Crippen LogP contribution in [0.25, 0.3) is 43.1 Å². The van der Waals surface area contributed by atoms with Gasteiger partial charge in [0.1, 0.15) is 0 Å². The van der Waals surface area contributed by atoms with Crippen LogP contribution < -0.4 is 0 Å². The molecule has 5 aromatic carbocycles. The number of carbonyl (C=O) groups is 4. The Morgan fingerprint density at radius 1 is 0.477 bits per heavy atom. The van der Waals surface area contributed by atoms with E-state index in [0.717, 1.165) is 9.80 Å². The minimum Gasteiger partial charge on any atom is -0.275 e. The number of amides is 4. The topological polar surface area (TPSA) is 74.8 Å². The van der Waals surface area contributed by atoms with Crippen LogP contribution in [-0.2, 0) is 12.4 Å². The molecular weight excluding hydrogens is 590 g/mol. The van der Waals surface area contributed by atoms with E-state index in [9.17, 15) is 45.5 Å². The molecule has 2 heterocycles. The van der Waals surface area contributed by atoms with Crippen molar-refractivity contribution in [1.29, 1.82) is 0 Å². The second-order valence-electron chi connectivity index (χ2n) is 11.1. The van der Waals surface area contributed by atoms with Crippen molar-refractivity contribution in [3.05, 3.63) is 68.8 Å². The largest absolute Gasteiger partial charge is 0.417 e. The molecule has 0 unspecified atom stereocenters. The third kappa shape index (κ3) is 3.22. The molecule has 2 aliphatic heterocycles. The lowest BCUT2D eigenvalue weighted by atomic mass is 9.77. The fourth-order valence-corrected chi connectivity index (χ4v) is 7.17. The molecule has 0 radical (unpaired) electrons. The minimum absolute atomic E-state index is 0.100. The maximum atomic E-state index is 15.0. The quantitative estimate of drug-likeness (QED) is 0.0892. The van der Waals surface area contributed by atoms with Gasteiger partial charge in [-0.05, 0) is 84.6 Å². The number of fused-ring (bicyclic) bond motifs is 2. The SMILES string of the molecule is CCN1C(=O)c2cc(C)c3c4c(C)cc5c6c(cc(C(F)(F)F)c(c7c(C(F)(F)F)cc(c2c37)C1=O)c64)C(=O)N(CC)C5=O. The number of nitrogens with zero attached hydrogens (tertiary/aromatic N) is 2. The van der Waals surface area contributed by atoms with Gasteiger partial charge in [0.05, 0.1) is 11.1 Å². The fraction of sp³-hybridized carbons (Fsp3) is 0.250. The van der Waals surface area contributed by atoms with Crippen LogP contribution in [-0.4, -0.2) is 46.5 Å². The molecule has 5 aromatic rings. The van der Waals surface area contributed by atoms with Gasteiger partial charge in [-0.1, -0.05) is 0 Å². The summed E-state index contributed by atoms with van der Waals surface area (Å²) >= 11 is 0. The minimum atomic E-state index is -5.24. The Kier molecular flexibility index (Phi) is 5.39. The van der Waals surface area contributed by atoms with Crippen molar-refractivity contribution in [3.63, 3.8) is 0 Å². The van der Waals surface area contributed by atoms with E-state index in [2.05, 4.69) is 0 Å². The molecule has 12 heteroatoms. The number of alkyl halides is 6. The van der Waals surface area contributed by atoms with Crippen LogP contribution in [0.3, 0.4) is 0 Å². The van der Waals surface area contributed by atoms with Gasteiger partial charge in [0.15, 0.2) is 0 Å². The van der Waals surface area contributed by atoms with Crippen LogP contribution in [0, 0.1) is 13.8 Å². The Labute approximate surface area is 244 Å². The molecule has 4 amide bonds. The zero-order valence-electron chi connectivity index (χ0n) is 23.5. The summed E-state index contributed by atoms with van der Waals surface area (Å²) < 4.78 is 89.8. The van der Waals surface area contributed by atoms with Crippen molar-refractivity contribution in [1.82, 2.24) is 9.80 Å². The standard InChI is InChI=1S/C32H20F6N2O4/c1-5-39-27(41)13-7-11(3)19-20-12(4)8-14-22-16(30(44)40(6-2)28(14)42)10-18(32(36,37)38)24(26(20)22)23-17(31(33,34)35)9-15(29(39)43)21(13)25(19)23/h7-10H,5-6H2,1-4H3. The Balaban J connectivity index is 1.91. The third-order valence-corrected chi connectivity index (χ3v) is 8.85. The molecule has 0 aromatic heterocycles. The van der Waals surface area contributed by atoms with Gasteiger partial charge in [0.25, 0.3) is 23.6 Å². The average Bonchev–Trinajstić information content (AvgIpc) is 2.94. The van der Waals surface area contributed by atoms with Gasteiger partial charge in [-0.3, -0.25) is 29.0 Å². The Hall–Kier alpha value is -4.74. The second kappa shape index (κ2) is 8.46. The molecule has 7 rings (SSSR count). The molecule has 0 aliphatic carbocycles. The molecule has 6 nitrogen and oxygen atoms in total. The molecule has 0 fully saturated rings. The molecule has 2 aliphatic rings. The zero-order chi connectivity index (χ0) is 31.9. The van der Waals surface area contributed by atoms with E-state index < -0.39 is 69.0 Å². The maximum Gasteiger partial charge on any atom is 0.417 e. The molecule has 0 saturated carbocycles. The summed E-state index contributed by atoms with van der Waals surface area (Å²) in [5, 5.41) is -2.39. The summed E-state index contributed by atoms with van der Waals surface area (Å²) in [6.07, 6.45) is -10.5. The van der Waals surface area contributed by atoms with Crippen molar-refractivity contribution in [3.8, 4) is 0 Å². The van der Waals surface area contributed by atoms with Crippen molar-refractivity contribution in [2.45, 2.75) is 40.0 Å². The third-order valence-electron chi connectivity index (χ3n) is 8.85. The first-order valence-electron chi connectivity index (χ1n) is 13.7. The molecular formula is C32H20F6N2O4. The number of imide groups is 2. The van der Waals surface area contributed by atoms with Crippen LogP contribution >= 0.6 is 0 Å². The first kappa shape index (κ1) is 28.1.